The number of ether oxygens (including phenoxy) is 4. The van der Waals surface area contributed by atoms with Crippen molar-refractivity contribution >= 4 is 21.7 Å². The SMILES string of the molecule is COC1C[C@]2(O)C3CC4C5(C6CC1[C@H](OC)[C@@]62O)[C@@H](OC)CC[C@@]4(OC(=O)c1ccccc1NS(=O)(=O)c1cccc(F)c1)[C@H](C)N35. The quantitative estimate of drug-likeness (QED) is 0.358. The molecule has 254 valence electrons. The van der Waals surface area contributed by atoms with Crippen molar-refractivity contribution in [2.75, 3.05) is 26.1 Å². The van der Waals surface area contributed by atoms with Gasteiger partial charge in [-0.1, -0.05) is 18.2 Å². The van der Waals surface area contributed by atoms with Crippen LogP contribution in [0.25, 0.3) is 0 Å². The molecule has 3 saturated carbocycles. The maximum atomic E-state index is 14.2. The molecule has 47 heavy (non-hydrogen) atoms. The zero-order valence-electron chi connectivity index (χ0n) is 26.8. The number of aliphatic hydroxyl groups is 2. The van der Waals surface area contributed by atoms with Crippen LogP contribution in [0, 0.1) is 23.6 Å². The molecule has 8 rings (SSSR count). The van der Waals surface area contributed by atoms with Gasteiger partial charge in [0.1, 0.15) is 22.6 Å². The van der Waals surface area contributed by atoms with Crippen molar-refractivity contribution in [3.05, 3.63) is 59.9 Å². The molecule has 6 fully saturated rings. The molecule has 11 nitrogen and oxygen atoms in total. The van der Waals surface area contributed by atoms with E-state index in [9.17, 15) is 27.8 Å². The first kappa shape index (κ1) is 31.6. The van der Waals surface area contributed by atoms with Crippen molar-refractivity contribution < 1.29 is 46.8 Å². The fraction of sp³-hybridized carbons (Fsp3) is 0.618. The Kier molecular flexibility index (Phi) is 6.85. The number of sulfonamides is 1. The molecule has 6 aliphatic rings. The van der Waals surface area contributed by atoms with Gasteiger partial charge in [-0.2, -0.15) is 0 Å². The molecule has 3 heterocycles. The summed E-state index contributed by atoms with van der Waals surface area (Å²) >= 11 is 0. The predicted octanol–water partition coefficient (Wildman–Crippen LogP) is 2.71. The monoisotopic (exact) mass is 672 g/mol. The van der Waals surface area contributed by atoms with Crippen LogP contribution in [0.4, 0.5) is 10.1 Å². The number of carbonyl (C=O) groups is 1. The van der Waals surface area contributed by atoms with Gasteiger partial charge in [0, 0.05) is 57.6 Å². The fourth-order valence-corrected chi connectivity index (χ4v) is 12.7. The molecule has 2 aromatic carbocycles. The maximum absolute atomic E-state index is 14.2. The van der Waals surface area contributed by atoms with Gasteiger partial charge < -0.3 is 29.2 Å². The van der Waals surface area contributed by atoms with Crippen molar-refractivity contribution in [3.63, 3.8) is 0 Å². The number of piperidine rings is 2. The first-order valence-corrected chi connectivity index (χ1v) is 17.8. The number of nitrogens with one attached hydrogen (secondary N) is 1. The Morgan fingerprint density at radius 2 is 1.79 bits per heavy atom. The molecular weight excluding hydrogens is 631 g/mol. The Morgan fingerprint density at radius 1 is 1.02 bits per heavy atom. The number of rotatable bonds is 8. The van der Waals surface area contributed by atoms with Gasteiger partial charge in [-0.3, -0.25) is 9.62 Å². The maximum Gasteiger partial charge on any atom is 0.340 e. The number of methoxy groups -OCH3 is 3. The van der Waals surface area contributed by atoms with Crippen LogP contribution in [0.15, 0.2) is 53.4 Å². The normalized spacial score (nSPS) is 45.6. The highest BCUT2D eigenvalue weighted by Gasteiger charge is 2.91. The average molecular weight is 673 g/mol. The number of hydrogen-bond acceptors (Lipinski definition) is 10. The van der Waals surface area contributed by atoms with E-state index in [1.165, 1.54) is 24.3 Å². The van der Waals surface area contributed by atoms with Gasteiger partial charge in [-0.15, -0.1) is 0 Å². The number of halogens is 1. The summed E-state index contributed by atoms with van der Waals surface area (Å²) in [6.07, 6.45) is 1.11. The molecule has 13 heteroatoms. The lowest BCUT2D eigenvalue weighted by atomic mass is 9.56. The highest BCUT2D eigenvalue weighted by Crippen LogP contribution is 2.77. The predicted molar refractivity (Wildman–Crippen MR) is 165 cm³/mol. The van der Waals surface area contributed by atoms with Crippen LogP contribution in [0.1, 0.15) is 49.4 Å². The summed E-state index contributed by atoms with van der Waals surface area (Å²) in [5.74, 6) is -2.27. The molecular formula is C34H41FN2O9S. The topological polar surface area (TPSA) is 144 Å². The van der Waals surface area contributed by atoms with Gasteiger partial charge in [0.05, 0.1) is 40.0 Å². The van der Waals surface area contributed by atoms with Crippen LogP contribution >= 0.6 is 0 Å². The molecule has 0 amide bonds. The number of fused-ring (bicyclic) bond motifs is 2. The van der Waals surface area contributed by atoms with Crippen molar-refractivity contribution in [2.24, 2.45) is 17.8 Å². The van der Waals surface area contributed by atoms with E-state index in [2.05, 4.69) is 9.62 Å². The largest absolute Gasteiger partial charge is 0.453 e. The smallest absolute Gasteiger partial charge is 0.340 e. The van der Waals surface area contributed by atoms with Gasteiger partial charge >= 0.3 is 5.97 Å². The first-order chi connectivity index (χ1) is 22.3. The molecule has 13 atom stereocenters. The summed E-state index contributed by atoms with van der Waals surface area (Å²) in [6.45, 7) is 2.02. The molecule has 1 spiro atoms. The average Bonchev–Trinajstić information content (AvgIpc) is 3.57. The van der Waals surface area contributed by atoms with E-state index in [1.54, 1.807) is 33.5 Å². The molecule has 3 N–H and O–H groups in total. The van der Waals surface area contributed by atoms with Crippen LogP contribution in [-0.2, 0) is 29.0 Å². The zero-order chi connectivity index (χ0) is 33.3. The summed E-state index contributed by atoms with van der Waals surface area (Å²) in [5.41, 5.74) is -4.80. The Balaban J connectivity index is 1.18. The molecule has 2 aromatic rings. The van der Waals surface area contributed by atoms with Crippen LogP contribution in [0.3, 0.4) is 0 Å². The van der Waals surface area contributed by atoms with Gasteiger partial charge in [-0.25, -0.2) is 17.6 Å². The summed E-state index contributed by atoms with van der Waals surface area (Å²) in [4.78, 5) is 16.2. The molecule has 0 radical (unpaired) electrons. The minimum atomic E-state index is -4.22. The molecule has 7 unspecified atom stereocenters. The van der Waals surface area contributed by atoms with E-state index in [-0.39, 0.29) is 52.7 Å². The minimum absolute atomic E-state index is 0.0126. The van der Waals surface area contributed by atoms with E-state index in [0.29, 0.717) is 25.7 Å². The third kappa shape index (κ3) is 3.66. The highest BCUT2D eigenvalue weighted by atomic mass is 32.2. The van der Waals surface area contributed by atoms with Gasteiger partial charge in [-0.05, 0) is 62.9 Å². The number of para-hydroxylation sites is 1. The van der Waals surface area contributed by atoms with E-state index < -0.39 is 62.2 Å². The van der Waals surface area contributed by atoms with Gasteiger partial charge in [0.15, 0.2) is 0 Å². The van der Waals surface area contributed by atoms with E-state index in [4.69, 9.17) is 18.9 Å². The lowest BCUT2D eigenvalue weighted by Crippen LogP contribution is -2.82. The van der Waals surface area contributed by atoms with Gasteiger partial charge in [0.2, 0.25) is 0 Å². The van der Waals surface area contributed by atoms with Crippen LogP contribution < -0.4 is 4.72 Å². The second-order valence-corrected chi connectivity index (χ2v) is 16.0. The minimum Gasteiger partial charge on any atom is -0.453 e. The number of esters is 1. The van der Waals surface area contributed by atoms with Crippen LogP contribution in [0.5, 0.6) is 0 Å². The molecule has 0 aromatic heterocycles. The standard InChI is InChI=1S/C34H41FN2O9S/c1-18-31(46-30(38)21-10-5-6-11-23(21)36-47(41,42)20-9-7-8-19(35)14-20)13-12-28(44-3)33-25(31)16-27(37(18)33)32(39)17-24(43-2)22-15-26(33)34(32,40)29(22)45-4/h5-11,14,18,22,24-29,36,39-40H,12-13,15-17H2,1-4H3/t18-,22?,24?,25?,26?,27?,28-,29-,31+,32-,33?,34-/m0/s1. The van der Waals surface area contributed by atoms with E-state index in [1.807, 2.05) is 6.92 Å². The lowest BCUT2D eigenvalue weighted by Gasteiger charge is -2.64. The molecule has 3 aliphatic heterocycles. The molecule has 3 aliphatic carbocycles. The summed E-state index contributed by atoms with van der Waals surface area (Å²) < 4.78 is 67.5. The van der Waals surface area contributed by atoms with Crippen molar-refractivity contribution in [1.29, 1.82) is 0 Å². The highest BCUT2D eigenvalue weighted by molar-refractivity contribution is 7.92. The van der Waals surface area contributed by atoms with Crippen molar-refractivity contribution in [1.82, 2.24) is 4.90 Å². The third-order valence-corrected chi connectivity index (χ3v) is 14.5. The lowest BCUT2D eigenvalue weighted by molar-refractivity contribution is -0.314. The summed E-state index contributed by atoms with van der Waals surface area (Å²) in [7, 11) is 0.662. The van der Waals surface area contributed by atoms with Crippen LogP contribution in [0.2, 0.25) is 0 Å². The summed E-state index contributed by atoms with van der Waals surface area (Å²) in [6, 6.07) is 10.0. The number of carbonyl (C=O) groups excluding carboxylic acids is 1. The third-order valence-electron chi connectivity index (χ3n) is 13.1. The zero-order valence-corrected chi connectivity index (χ0v) is 27.6. The van der Waals surface area contributed by atoms with Crippen LogP contribution in [-0.4, -0.2) is 104 Å². The first-order valence-electron chi connectivity index (χ1n) is 16.3. The summed E-state index contributed by atoms with van der Waals surface area (Å²) in [5, 5.41) is 25.4. The van der Waals surface area contributed by atoms with Crippen molar-refractivity contribution in [3.8, 4) is 0 Å². The molecule has 7 bridgehead atoms. The number of benzene rings is 2. The van der Waals surface area contributed by atoms with Gasteiger partial charge in [0.25, 0.3) is 10.0 Å². The second kappa shape index (κ2) is 10.2. The van der Waals surface area contributed by atoms with Crippen molar-refractivity contribution in [2.45, 2.75) is 96.7 Å². The number of hydrogen-bond donors (Lipinski definition) is 3. The fourth-order valence-electron chi connectivity index (χ4n) is 11.6. The number of nitrogens with zero attached hydrogens (tertiary/aromatic N) is 1. The Bertz CT molecular complexity index is 1750. The second-order valence-electron chi connectivity index (χ2n) is 14.3. The Morgan fingerprint density at radius 3 is 2.49 bits per heavy atom. The Labute approximate surface area is 273 Å². The van der Waals surface area contributed by atoms with E-state index >= 15 is 0 Å². The van der Waals surface area contributed by atoms with E-state index in [0.717, 1.165) is 12.1 Å². The number of anilines is 1. The molecule has 3 saturated heterocycles. The Hall–Kier alpha value is -2.65.